The SMILES string of the molecule is Cc1ccc(C)c(OCCCCNCCSSCCNCCCCOc2cc(C)ccc2C)c1.Cl.Cl. The maximum absolute atomic E-state index is 5.92. The van der Waals surface area contributed by atoms with E-state index in [9.17, 15) is 0 Å². The molecule has 0 aliphatic rings. The number of benzene rings is 2. The Kier molecular flexibility index (Phi) is 21.8. The van der Waals surface area contributed by atoms with E-state index in [1.54, 1.807) is 0 Å². The normalized spacial score (nSPS) is 10.4. The highest BCUT2D eigenvalue weighted by Crippen LogP contribution is 2.21. The number of nitrogens with one attached hydrogen (secondary N) is 2. The van der Waals surface area contributed by atoms with Crippen molar-refractivity contribution >= 4 is 46.4 Å². The van der Waals surface area contributed by atoms with Gasteiger partial charge >= 0.3 is 0 Å². The van der Waals surface area contributed by atoms with Gasteiger partial charge in [-0.25, -0.2) is 0 Å². The average molecular weight is 578 g/mol. The maximum atomic E-state index is 5.92. The molecule has 0 atom stereocenters. The molecule has 0 aromatic heterocycles. The molecule has 0 unspecified atom stereocenters. The van der Waals surface area contributed by atoms with Crippen LogP contribution in [-0.2, 0) is 0 Å². The molecule has 0 amide bonds. The Morgan fingerprint density at radius 1 is 0.583 bits per heavy atom. The van der Waals surface area contributed by atoms with E-state index in [0.29, 0.717) is 0 Å². The first-order valence-electron chi connectivity index (χ1n) is 12.6. The minimum absolute atomic E-state index is 0. The molecule has 0 spiro atoms. The molecule has 0 radical (unpaired) electrons. The quantitative estimate of drug-likeness (QED) is 0.135. The van der Waals surface area contributed by atoms with E-state index < -0.39 is 0 Å². The topological polar surface area (TPSA) is 42.5 Å². The lowest BCUT2D eigenvalue weighted by molar-refractivity contribution is 0.304. The average Bonchev–Trinajstić information content (AvgIpc) is 2.82. The van der Waals surface area contributed by atoms with Crippen LogP contribution in [0, 0.1) is 27.7 Å². The van der Waals surface area contributed by atoms with Crippen LogP contribution in [-0.4, -0.2) is 50.9 Å². The minimum atomic E-state index is 0. The van der Waals surface area contributed by atoms with Gasteiger partial charge < -0.3 is 20.1 Å². The highest BCUT2D eigenvalue weighted by Gasteiger charge is 2.01. The second kappa shape index (κ2) is 22.2. The van der Waals surface area contributed by atoms with Crippen molar-refractivity contribution in [2.75, 3.05) is 50.9 Å². The van der Waals surface area contributed by atoms with Crippen LogP contribution < -0.4 is 20.1 Å². The van der Waals surface area contributed by atoms with Crippen LogP contribution in [0.25, 0.3) is 0 Å². The van der Waals surface area contributed by atoms with Crippen LogP contribution in [0.2, 0.25) is 0 Å². The molecule has 0 saturated heterocycles. The molecule has 0 fully saturated rings. The molecule has 2 aromatic rings. The molecule has 206 valence electrons. The monoisotopic (exact) mass is 576 g/mol. The second-order valence-corrected chi connectivity index (χ2v) is 11.5. The van der Waals surface area contributed by atoms with E-state index in [-0.39, 0.29) is 24.8 Å². The fraction of sp³-hybridized carbons (Fsp3) is 0.571. The number of unbranched alkanes of at least 4 members (excludes halogenated alkanes) is 2. The molecule has 0 aliphatic carbocycles. The van der Waals surface area contributed by atoms with Gasteiger partial charge in [0.15, 0.2) is 0 Å². The van der Waals surface area contributed by atoms with E-state index >= 15 is 0 Å². The molecule has 2 N–H and O–H groups in total. The van der Waals surface area contributed by atoms with Crippen LogP contribution in [0.1, 0.15) is 47.9 Å². The highest BCUT2D eigenvalue weighted by molar-refractivity contribution is 8.76. The third kappa shape index (κ3) is 16.2. The summed E-state index contributed by atoms with van der Waals surface area (Å²) in [5.74, 6) is 4.36. The zero-order valence-corrected chi connectivity index (χ0v) is 25.7. The van der Waals surface area contributed by atoms with Crippen molar-refractivity contribution in [1.82, 2.24) is 10.6 Å². The van der Waals surface area contributed by atoms with E-state index in [1.807, 2.05) is 21.6 Å². The van der Waals surface area contributed by atoms with Gasteiger partial charge in [0.05, 0.1) is 13.2 Å². The Labute approximate surface area is 240 Å². The first-order chi connectivity index (χ1) is 16.6. The molecule has 2 rings (SSSR count). The van der Waals surface area contributed by atoms with Crippen molar-refractivity contribution in [3.05, 3.63) is 58.7 Å². The lowest BCUT2D eigenvalue weighted by Gasteiger charge is -2.10. The van der Waals surface area contributed by atoms with E-state index in [4.69, 9.17) is 9.47 Å². The number of aryl methyl sites for hydroxylation is 4. The van der Waals surface area contributed by atoms with Gasteiger partial charge in [-0.15, -0.1) is 24.8 Å². The molecular weight excluding hydrogens is 531 g/mol. The number of ether oxygens (including phenoxy) is 2. The zero-order chi connectivity index (χ0) is 24.4. The van der Waals surface area contributed by atoms with Crippen molar-refractivity contribution < 1.29 is 9.47 Å². The lowest BCUT2D eigenvalue weighted by Crippen LogP contribution is -2.19. The number of rotatable bonds is 19. The van der Waals surface area contributed by atoms with Crippen molar-refractivity contribution in [1.29, 1.82) is 0 Å². The Bertz CT molecular complexity index is 761. The molecule has 8 heteroatoms. The van der Waals surface area contributed by atoms with E-state index in [0.717, 1.165) is 88.1 Å². The van der Waals surface area contributed by atoms with E-state index in [1.165, 1.54) is 22.3 Å². The van der Waals surface area contributed by atoms with Gasteiger partial charge in [0, 0.05) is 24.6 Å². The van der Waals surface area contributed by atoms with Crippen LogP contribution in [0.3, 0.4) is 0 Å². The Morgan fingerprint density at radius 3 is 1.42 bits per heavy atom. The van der Waals surface area contributed by atoms with Crippen molar-refractivity contribution in [2.45, 2.75) is 53.4 Å². The van der Waals surface area contributed by atoms with Gasteiger partial charge in [-0.05, 0) is 101 Å². The molecule has 36 heavy (non-hydrogen) atoms. The first-order valence-corrected chi connectivity index (χ1v) is 15.1. The van der Waals surface area contributed by atoms with Gasteiger partial charge in [0.25, 0.3) is 0 Å². The summed E-state index contributed by atoms with van der Waals surface area (Å²) >= 11 is 0. The van der Waals surface area contributed by atoms with Crippen LogP contribution in [0.5, 0.6) is 11.5 Å². The Hall–Kier alpha value is -0.760. The number of halogens is 2. The maximum Gasteiger partial charge on any atom is 0.122 e. The van der Waals surface area contributed by atoms with Crippen molar-refractivity contribution in [3.8, 4) is 11.5 Å². The zero-order valence-electron chi connectivity index (χ0n) is 22.4. The molecule has 4 nitrogen and oxygen atoms in total. The number of hydrogen-bond donors (Lipinski definition) is 2. The summed E-state index contributed by atoms with van der Waals surface area (Å²) in [7, 11) is 3.93. The fourth-order valence-corrected chi connectivity index (χ4v) is 5.29. The summed E-state index contributed by atoms with van der Waals surface area (Å²) in [6.45, 7) is 14.3. The summed E-state index contributed by atoms with van der Waals surface area (Å²) in [6, 6.07) is 12.8. The first kappa shape index (κ1) is 35.2. The number of hydrogen-bond acceptors (Lipinski definition) is 6. The molecule has 0 aliphatic heterocycles. The van der Waals surface area contributed by atoms with Crippen LogP contribution in [0.4, 0.5) is 0 Å². The standard InChI is InChI=1S/C28H44N2O2S2.2ClH/c1-23-9-11-25(3)27(21-23)31-17-7-5-13-29-15-19-33-34-20-16-30-14-6-8-18-32-28-22-24(2)10-12-26(28)4;;/h9-12,21-22,29-30H,5-8,13-20H2,1-4H3;2*1H. The van der Waals surface area contributed by atoms with Crippen molar-refractivity contribution in [2.24, 2.45) is 0 Å². The highest BCUT2D eigenvalue weighted by atomic mass is 35.5. The van der Waals surface area contributed by atoms with Gasteiger partial charge in [0.1, 0.15) is 11.5 Å². The van der Waals surface area contributed by atoms with Gasteiger partial charge in [-0.1, -0.05) is 45.9 Å². The second-order valence-electron chi connectivity index (χ2n) is 8.79. The fourth-order valence-electron chi connectivity index (χ4n) is 3.39. The lowest BCUT2D eigenvalue weighted by atomic mass is 10.1. The van der Waals surface area contributed by atoms with E-state index in [2.05, 4.69) is 74.7 Å². The molecular formula is C28H46Cl2N2O2S2. The Morgan fingerprint density at radius 2 is 1.00 bits per heavy atom. The third-order valence-electron chi connectivity index (χ3n) is 5.51. The smallest absolute Gasteiger partial charge is 0.122 e. The minimum Gasteiger partial charge on any atom is -0.493 e. The van der Waals surface area contributed by atoms with Gasteiger partial charge in [-0.2, -0.15) is 0 Å². The third-order valence-corrected chi connectivity index (χ3v) is 7.91. The van der Waals surface area contributed by atoms with Gasteiger partial charge in [-0.3, -0.25) is 0 Å². The predicted octanol–water partition coefficient (Wildman–Crippen LogP) is 7.34. The summed E-state index contributed by atoms with van der Waals surface area (Å²) in [5, 5.41) is 7.07. The summed E-state index contributed by atoms with van der Waals surface area (Å²) in [4.78, 5) is 0. The molecule has 0 heterocycles. The van der Waals surface area contributed by atoms with Gasteiger partial charge in [0.2, 0.25) is 0 Å². The summed E-state index contributed by atoms with van der Waals surface area (Å²) in [6.07, 6.45) is 4.49. The largest absolute Gasteiger partial charge is 0.493 e. The van der Waals surface area contributed by atoms with Crippen LogP contribution in [0.15, 0.2) is 36.4 Å². The molecule has 0 bridgehead atoms. The van der Waals surface area contributed by atoms with Crippen molar-refractivity contribution in [3.63, 3.8) is 0 Å². The van der Waals surface area contributed by atoms with Crippen LogP contribution >= 0.6 is 46.4 Å². The summed E-state index contributed by atoms with van der Waals surface area (Å²) in [5.41, 5.74) is 4.94. The molecule has 2 aromatic carbocycles. The Balaban J connectivity index is 0.00000612. The predicted molar refractivity (Wildman–Crippen MR) is 166 cm³/mol. The molecule has 0 saturated carbocycles. The summed E-state index contributed by atoms with van der Waals surface area (Å²) < 4.78 is 11.8.